The summed E-state index contributed by atoms with van der Waals surface area (Å²) >= 11 is 12.2. The zero-order chi connectivity index (χ0) is 23.1. The molecule has 0 saturated heterocycles. The van der Waals surface area contributed by atoms with E-state index in [2.05, 4.69) is 5.32 Å². The molecule has 0 aliphatic rings. The number of halogens is 3. The fourth-order valence-electron chi connectivity index (χ4n) is 2.98. The fraction of sp³-hybridized carbons (Fsp3) is 0.167. The third-order valence-corrected chi connectivity index (χ3v) is 5.29. The van der Waals surface area contributed by atoms with E-state index in [1.807, 2.05) is 0 Å². The van der Waals surface area contributed by atoms with Crippen LogP contribution in [0.4, 0.5) is 10.1 Å². The lowest BCUT2D eigenvalue weighted by atomic mass is 10.1. The Bertz CT molecular complexity index is 1090. The van der Waals surface area contributed by atoms with E-state index in [4.69, 9.17) is 27.9 Å². The van der Waals surface area contributed by atoms with Gasteiger partial charge in [0.1, 0.15) is 24.7 Å². The Morgan fingerprint density at radius 2 is 1.62 bits per heavy atom. The second kappa shape index (κ2) is 11.0. The maximum atomic E-state index is 13.1. The maximum Gasteiger partial charge on any atom is 0.258 e. The van der Waals surface area contributed by atoms with Gasteiger partial charge in [0, 0.05) is 6.54 Å². The van der Waals surface area contributed by atoms with Gasteiger partial charge in [0.25, 0.3) is 5.91 Å². The Balaban J connectivity index is 1.70. The Labute approximate surface area is 195 Å². The highest BCUT2D eigenvalue weighted by molar-refractivity contribution is 6.39. The first kappa shape index (κ1) is 23.6. The zero-order valence-corrected chi connectivity index (χ0v) is 18.8. The molecule has 2 amide bonds. The van der Waals surface area contributed by atoms with Crippen molar-refractivity contribution in [1.29, 1.82) is 0 Å². The van der Waals surface area contributed by atoms with Crippen LogP contribution in [0, 0.1) is 5.82 Å². The molecule has 0 unspecified atom stereocenters. The number of nitrogens with one attached hydrogen (secondary N) is 1. The minimum Gasteiger partial charge on any atom is -0.488 e. The highest BCUT2D eigenvalue weighted by Crippen LogP contribution is 2.29. The number of carbonyl (C=O) groups excluding carboxylic acids is 2. The molecule has 0 aliphatic carbocycles. The molecule has 0 atom stereocenters. The number of amides is 2. The maximum absolute atomic E-state index is 13.1. The second-order valence-corrected chi connectivity index (χ2v) is 7.69. The van der Waals surface area contributed by atoms with Crippen LogP contribution in [-0.4, -0.2) is 29.8 Å². The number of rotatable bonds is 8. The quantitative estimate of drug-likeness (QED) is 0.447. The third kappa shape index (κ3) is 5.99. The molecule has 3 aromatic carbocycles. The van der Waals surface area contributed by atoms with Crippen LogP contribution in [0.3, 0.4) is 0 Å². The molecule has 32 heavy (non-hydrogen) atoms. The van der Waals surface area contributed by atoms with E-state index in [1.165, 1.54) is 17.0 Å². The second-order valence-electron chi connectivity index (χ2n) is 6.88. The van der Waals surface area contributed by atoms with Crippen molar-refractivity contribution >= 4 is 40.7 Å². The molecular weight excluding hydrogens is 454 g/mol. The summed E-state index contributed by atoms with van der Waals surface area (Å²) in [7, 11) is 0. The molecule has 0 fully saturated rings. The van der Waals surface area contributed by atoms with Crippen LogP contribution >= 0.6 is 23.2 Å². The minimum absolute atomic E-state index is 0.169. The normalized spacial score (nSPS) is 10.5. The van der Waals surface area contributed by atoms with E-state index >= 15 is 0 Å². The average molecular weight is 475 g/mol. The molecule has 3 rings (SSSR count). The van der Waals surface area contributed by atoms with Crippen molar-refractivity contribution in [3.63, 3.8) is 0 Å². The first-order valence-corrected chi connectivity index (χ1v) is 10.6. The largest absolute Gasteiger partial charge is 0.488 e. The van der Waals surface area contributed by atoms with Gasteiger partial charge in [0.2, 0.25) is 5.91 Å². The first-order chi connectivity index (χ1) is 15.4. The monoisotopic (exact) mass is 474 g/mol. The number of benzene rings is 3. The summed E-state index contributed by atoms with van der Waals surface area (Å²) in [6, 6.07) is 17.6. The summed E-state index contributed by atoms with van der Waals surface area (Å²) in [5, 5.41) is 3.27. The van der Waals surface area contributed by atoms with Crippen LogP contribution in [0.5, 0.6) is 5.75 Å². The van der Waals surface area contributed by atoms with Crippen molar-refractivity contribution in [1.82, 2.24) is 4.90 Å². The molecule has 8 heteroatoms. The van der Waals surface area contributed by atoms with Crippen LogP contribution in [0.25, 0.3) is 0 Å². The lowest BCUT2D eigenvalue weighted by Crippen LogP contribution is -2.38. The van der Waals surface area contributed by atoms with Gasteiger partial charge in [-0.25, -0.2) is 4.39 Å². The summed E-state index contributed by atoms with van der Waals surface area (Å²) in [4.78, 5) is 27.1. The molecule has 0 aliphatic heterocycles. The van der Waals surface area contributed by atoms with Crippen molar-refractivity contribution < 1.29 is 18.7 Å². The molecule has 0 saturated carbocycles. The van der Waals surface area contributed by atoms with Gasteiger partial charge in [-0.05, 0) is 48.9 Å². The van der Waals surface area contributed by atoms with E-state index in [0.29, 0.717) is 33.6 Å². The van der Waals surface area contributed by atoms with Gasteiger partial charge >= 0.3 is 0 Å². The van der Waals surface area contributed by atoms with Gasteiger partial charge in [-0.2, -0.15) is 0 Å². The SMILES string of the molecule is CCN(CC(=O)Nc1c(Cl)cccc1Cl)C(=O)c1ccccc1OCc1ccc(F)cc1. The van der Waals surface area contributed by atoms with Crippen molar-refractivity contribution in [2.75, 3.05) is 18.4 Å². The number of ether oxygens (including phenoxy) is 1. The number of anilines is 1. The molecule has 0 spiro atoms. The Kier molecular flexibility index (Phi) is 8.09. The van der Waals surface area contributed by atoms with Gasteiger partial charge < -0.3 is 15.0 Å². The van der Waals surface area contributed by atoms with Crippen LogP contribution < -0.4 is 10.1 Å². The third-order valence-electron chi connectivity index (χ3n) is 4.66. The van der Waals surface area contributed by atoms with Gasteiger partial charge in [-0.1, -0.05) is 53.5 Å². The highest BCUT2D eigenvalue weighted by Gasteiger charge is 2.21. The first-order valence-electron chi connectivity index (χ1n) is 9.88. The molecule has 0 bridgehead atoms. The molecule has 0 aromatic heterocycles. The Hall–Kier alpha value is -3.09. The van der Waals surface area contributed by atoms with Crippen LogP contribution in [0.15, 0.2) is 66.7 Å². The summed E-state index contributed by atoms with van der Waals surface area (Å²) in [5.41, 5.74) is 1.38. The number of para-hydroxylation sites is 2. The van der Waals surface area contributed by atoms with Crippen LogP contribution in [0.2, 0.25) is 10.0 Å². The van der Waals surface area contributed by atoms with E-state index in [9.17, 15) is 14.0 Å². The summed E-state index contributed by atoms with van der Waals surface area (Å²) in [6.07, 6.45) is 0. The molecule has 3 aromatic rings. The predicted octanol–water partition coefficient (Wildman–Crippen LogP) is 5.81. The van der Waals surface area contributed by atoms with Crippen molar-refractivity contribution in [3.05, 3.63) is 93.7 Å². The van der Waals surface area contributed by atoms with Gasteiger partial charge in [-0.3, -0.25) is 9.59 Å². The van der Waals surface area contributed by atoms with Gasteiger partial charge in [0.15, 0.2) is 0 Å². The van der Waals surface area contributed by atoms with Gasteiger partial charge in [0.05, 0.1) is 21.3 Å². The van der Waals surface area contributed by atoms with Crippen molar-refractivity contribution in [2.24, 2.45) is 0 Å². The highest BCUT2D eigenvalue weighted by atomic mass is 35.5. The summed E-state index contributed by atoms with van der Waals surface area (Å²) < 4.78 is 18.9. The summed E-state index contributed by atoms with van der Waals surface area (Å²) in [5.74, 6) is -0.753. The lowest BCUT2D eigenvalue weighted by Gasteiger charge is -2.22. The average Bonchev–Trinajstić information content (AvgIpc) is 2.79. The Morgan fingerprint density at radius 3 is 2.28 bits per heavy atom. The van der Waals surface area contributed by atoms with Crippen molar-refractivity contribution in [2.45, 2.75) is 13.5 Å². The number of likely N-dealkylation sites (N-methyl/N-ethyl adjacent to an activating group) is 1. The van der Waals surface area contributed by atoms with Crippen molar-refractivity contribution in [3.8, 4) is 5.75 Å². The van der Waals surface area contributed by atoms with E-state index in [0.717, 1.165) is 5.56 Å². The zero-order valence-electron chi connectivity index (χ0n) is 17.3. The topological polar surface area (TPSA) is 58.6 Å². The number of carbonyl (C=O) groups is 2. The van der Waals surface area contributed by atoms with Crippen LogP contribution in [0.1, 0.15) is 22.8 Å². The molecule has 0 heterocycles. The molecular formula is C24H21Cl2FN2O3. The standard InChI is InChI=1S/C24H21Cl2FN2O3/c1-2-29(14-22(30)28-23-19(25)7-5-8-20(23)26)24(31)18-6-3-4-9-21(18)32-15-16-10-12-17(27)13-11-16/h3-13H,2,14-15H2,1H3,(H,28,30). The number of hydrogen-bond donors (Lipinski definition) is 1. The molecule has 166 valence electrons. The lowest BCUT2D eigenvalue weighted by molar-refractivity contribution is -0.116. The van der Waals surface area contributed by atoms with E-state index in [1.54, 1.807) is 61.5 Å². The number of hydrogen-bond acceptors (Lipinski definition) is 3. The fourth-order valence-corrected chi connectivity index (χ4v) is 3.47. The summed E-state index contributed by atoms with van der Waals surface area (Å²) in [6.45, 7) is 2.05. The predicted molar refractivity (Wildman–Crippen MR) is 124 cm³/mol. The van der Waals surface area contributed by atoms with E-state index < -0.39 is 5.91 Å². The minimum atomic E-state index is -0.431. The smallest absolute Gasteiger partial charge is 0.258 e. The Morgan fingerprint density at radius 1 is 0.969 bits per heavy atom. The molecule has 5 nitrogen and oxygen atoms in total. The van der Waals surface area contributed by atoms with E-state index in [-0.39, 0.29) is 24.9 Å². The molecule has 0 radical (unpaired) electrons. The number of nitrogens with zero attached hydrogens (tertiary/aromatic N) is 1. The van der Waals surface area contributed by atoms with Crippen LogP contribution in [-0.2, 0) is 11.4 Å². The van der Waals surface area contributed by atoms with Gasteiger partial charge in [-0.15, -0.1) is 0 Å². The molecule has 1 N–H and O–H groups in total.